The average Bonchev–Trinajstić information content (AvgIpc) is 2.65. The van der Waals surface area contributed by atoms with Gasteiger partial charge in [0.1, 0.15) is 0 Å². The number of hydrogen-bond donors (Lipinski definition) is 0. The van der Waals surface area contributed by atoms with Crippen LogP contribution in [0.1, 0.15) is 12.0 Å². The summed E-state index contributed by atoms with van der Waals surface area (Å²) in [4.78, 5) is 0. The van der Waals surface area contributed by atoms with E-state index in [9.17, 15) is 0 Å². The molecule has 2 nitrogen and oxygen atoms in total. The third-order valence-electron chi connectivity index (χ3n) is 5.20. The molecule has 0 spiro atoms. The fraction of sp³-hybridized carbons (Fsp3) is 0.308. The van der Waals surface area contributed by atoms with Crippen LogP contribution in [-0.2, 0) is 8.85 Å². The Morgan fingerprint density at radius 2 is 1.30 bits per heavy atom. The molecule has 3 aromatic rings. The largest absolute Gasteiger partial charge is 0.388 e. The first kappa shape index (κ1) is 21.3. The molecule has 0 atom stereocenters. The fourth-order valence-corrected chi connectivity index (χ4v) is 6.96. The van der Waals surface area contributed by atoms with Gasteiger partial charge < -0.3 is 8.85 Å². The van der Waals surface area contributed by atoms with Crippen molar-refractivity contribution in [2.24, 2.45) is 0 Å². The van der Waals surface area contributed by atoms with Crippen LogP contribution in [0, 0.1) is 0 Å². The van der Waals surface area contributed by atoms with Gasteiger partial charge in [0.25, 0.3) is 0 Å². The third-order valence-corrected chi connectivity index (χ3v) is 7.09. The summed E-state index contributed by atoms with van der Waals surface area (Å²) in [6, 6.07) is 23.8. The van der Waals surface area contributed by atoms with Crippen molar-refractivity contribution in [2.45, 2.75) is 51.5 Å². The van der Waals surface area contributed by atoms with Crippen molar-refractivity contribution < 1.29 is 8.85 Å². The summed E-state index contributed by atoms with van der Waals surface area (Å²) >= 11 is 0. The summed E-state index contributed by atoms with van der Waals surface area (Å²) in [6.07, 6.45) is 3.03. The van der Waals surface area contributed by atoms with Crippen LogP contribution in [0.2, 0.25) is 39.3 Å². The summed E-state index contributed by atoms with van der Waals surface area (Å²) in [7, 11) is -3.85. The van der Waals surface area contributed by atoms with E-state index in [2.05, 4.69) is 112 Å². The van der Waals surface area contributed by atoms with Crippen molar-refractivity contribution in [3.05, 3.63) is 82.7 Å². The van der Waals surface area contributed by atoms with Gasteiger partial charge in [-0.1, -0.05) is 72.8 Å². The Morgan fingerprint density at radius 1 is 0.700 bits per heavy atom. The first-order chi connectivity index (χ1) is 14.1. The smallest absolute Gasteiger partial charge is 0.187 e. The zero-order valence-corrected chi connectivity index (χ0v) is 21.0. The van der Waals surface area contributed by atoms with Crippen LogP contribution in [0.25, 0.3) is 22.4 Å². The van der Waals surface area contributed by atoms with Crippen LogP contribution < -0.4 is 10.4 Å². The van der Waals surface area contributed by atoms with Crippen LogP contribution in [0.15, 0.2) is 66.7 Å². The number of benzene rings is 3. The van der Waals surface area contributed by atoms with Crippen LogP contribution >= 0.6 is 0 Å². The molecule has 0 saturated heterocycles. The van der Waals surface area contributed by atoms with Crippen molar-refractivity contribution in [3.8, 4) is 0 Å². The molecule has 3 aromatic carbocycles. The second-order valence-corrected chi connectivity index (χ2v) is 18.9. The van der Waals surface area contributed by atoms with Gasteiger partial charge in [-0.25, -0.2) is 0 Å². The molecule has 4 rings (SSSR count). The summed E-state index contributed by atoms with van der Waals surface area (Å²) in [5, 5.41) is 4.96. The van der Waals surface area contributed by atoms with Gasteiger partial charge in [0, 0.05) is 12.0 Å². The van der Waals surface area contributed by atoms with Crippen molar-refractivity contribution in [1.82, 2.24) is 0 Å². The fourth-order valence-electron chi connectivity index (χ4n) is 4.44. The van der Waals surface area contributed by atoms with Crippen molar-refractivity contribution in [1.29, 1.82) is 0 Å². The maximum atomic E-state index is 7.00. The van der Waals surface area contributed by atoms with E-state index in [0.717, 1.165) is 6.42 Å². The quantitative estimate of drug-likeness (QED) is 0.385. The Kier molecular flexibility index (Phi) is 5.39. The van der Waals surface area contributed by atoms with E-state index >= 15 is 0 Å². The van der Waals surface area contributed by atoms with Gasteiger partial charge in [0.2, 0.25) is 0 Å². The molecule has 0 N–H and O–H groups in total. The van der Waals surface area contributed by atoms with Gasteiger partial charge in [-0.3, -0.25) is 0 Å². The highest BCUT2D eigenvalue weighted by Gasteiger charge is 2.45. The van der Waals surface area contributed by atoms with E-state index in [4.69, 9.17) is 8.85 Å². The third kappa shape index (κ3) is 4.23. The number of rotatable bonds is 5. The molecule has 156 valence electrons. The summed E-state index contributed by atoms with van der Waals surface area (Å²) < 4.78 is 14.0. The predicted molar refractivity (Wildman–Crippen MR) is 133 cm³/mol. The molecule has 1 aliphatic carbocycles. The van der Waals surface area contributed by atoms with Gasteiger partial charge in [-0.05, 0) is 66.1 Å². The number of hydrogen-bond acceptors (Lipinski definition) is 2. The highest BCUT2D eigenvalue weighted by Crippen LogP contribution is 2.41. The summed E-state index contributed by atoms with van der Waals surface area (Å²) in [6.45, 7) is 13.5. The van der Waals surface area contributed by atoms with Gasteiger partial charge in [0.15, 0.2) is 22.4 Å². The first-order valence-electron chi connectivity index (χ1n) is 10.8. The van der Waals surface area contributed by atoms with Gasteiger partial charge >= 0.3 is 0 Å². The molecule has 30 heavy (non-hydrogen) atoms. The topological polar surface area (TPSA) is 18.5 Å². The van der Waals surface area contributed by atoms with E-state index in [-0.39, 0.29) is 0 Å². The van der Waals surface area contributed by atoms with Gasteiger partial charge in [0.05, 0.1) is 0 Å². The van der Waals surface area contributed by atoms with Gasteiger partial charge in [-0.2, -0.15) is 0 Å². The SMILES string of the molecule is C[Si](C)(C)OC1(O[Si](C)(C)C)CC=c2ccccc2=C1c1cccc2ccccc12. The van der Waals surface area contributed by atoms with Crippen molar-refractivity contribution in [3.63, 3.8) is 0 Å². The van der Waals surface area contributed by atoms with E-state index in [1.165, 1.54) is 32.3 Å². The molecule has 4 heteroatoms. The lowest BCUT2D eigenvalue weighted by atomic mass is 9.86. The van der Waals surface area contributed by atoms with E-state index in [0.29, 0.717) is 0 Å². The van der Waals surface area contributed by atoms with Gasteiger partial charge in [-0.15, -0.1) is 0 Å². The van der Waals surface area contributed by atoms with Crippen molar-refractivity contribution >= 4 is 39.1 Å². The normalized spacial score (nSPS) is 16.3. The van der Waals surface area contributed by atoms with Crippen molar-refractivity contribution in [2.75, 3.05) is 0 Å². The van der Waals surface area contributed by atoms with Crippen LogP contribution in [0.4, 0.5) is 0 Å². The maximum absolute atomic E-state index is 7.00. The maximum Gasteiger partial charge on any atom is 0.187 e. The molecule has 0 aliphatic heterocycles. The van der Waals surface area contributed by atoms with E-state index in [1.807, 2.05) is 0 Å². The lowest BCUT2D eigenvalue weighted by molar-refractivity contribution is -0.0701. The predicted octanol–water partition coefficient (Wildman–Crippen LogP) is 5.62. The molecule has 0 unspecified atom stereocenters. The Hall–Kier alpha value is -1.99. The van der Waals surface area contributed by atoms with Crippen LogP contribution in [-0.4, -0.2) is 22.4 Å². The zero-order valence-electron chi connectivity index (χ0n) is 19.0. The van der Waals surface area contributed by atoms with Crippen LogP contribution in [0.3, 0.4) is 0 Å². The lowest BCUT2D eigenvalue weighted by Gasteiger charge is -2.45. The minimum Gasteiger partial charge on any atom is -0.388 e. The molecule has 0 aromatic heterocycles. The molecule has 0 bridgehead atoms. The molecule has 1 aliphatic rings. The minimum atomic E-state index is -1.92. The van der Waals surface area contributed by atoms with E-state index < -0.39 is 22.4 Å². The lowest BCUT2D eigenvalue weighted by Crippen LogP contribution is -2.55. The average molecular weight is 433 g/mol. The highest BCUT2D eigenvalue weighted by atomic mass is 28.4. The molecular weight excluding hydrogens is 400 g/mol. The Morgan fingerprint density at radius 3 is 2.00 bits per heavy atom. The Balaban J connectivity index is 2.12. The monoisotopic (exact) mass is 432 g/mol. The summed E-state index contributed by atoms with van der Waals surface area (Å²) in [5.74, 6) is -0.757. The van der Waals surface area contributed by atoms with Crippen LogP contribution in [0.5, 0.6) is 0 Å². The molecule has 0 amide bonds. The Bertz CT molecular complexity index is 1180. The Labute approximate surface area is 182 Å². The van der Waals surface area contributed by atoms with E-state index in [1.54, 1.807) is 0 Å². The highest BCUT2D eigenvalue weighted by molar-refractivity contribution is 6.71. The molecular formula is C26H32O2Si2. The zero-order chi connectivity index (χ0) is 21.6. The minimum absolute atomic E-state index is 0.733. The molecule has 0 heterocycles. The molecule has 0 saturated carbocycles. The summed E-state index contributed by atoms with van der Waals surface area (Å²) in [5.41, 5.74) is 2.40. The second kappa shape index (κ2) is 7.61. The molecule has 0 radical (unpaired) electrons. The first-order valence-corrected chi connectivity index (χ1v) is 17.6. The standard InChI is InChI=1S/C26H32O2Si2/c1-29(2,3)27-26(28-30(4,5)6)19-18-21-13-8-10-16-23(21)25(26)24-17-11-14-20-12-7-9-15-22(20)24/h7-18H,19H2,1-6H3. The molecule has 0 fully saturated rings. The number of fused-ring (bicyclic) bond motifs is 2. The second-order valence-electron chi connectivity index (χ2n) is 10.1.